The van der Waals surface area contributed by atoms with Gasteiger partial charge in [0.1, 0.15) is 0 Å². The molecule has 0 aliphatic rings. The van der Waals surface area contributed by atoms with Crippen LogP contribution in [0.15, 0.2) is 0 Å². The third kappa shape index (κ3) is 11.9. The maximum atomic E-state index is 5.38. The number of hydrogen-bond donors (Lipinski definition) is 1. The van der Waals surface area contributed by atoms with Crippen LogP contribution in [-0.4, -0.2) is 13.2 Å². The maximum Gasteiger partial charge on any atom is 0.244 e. The van der Waals surface area contributed by atoms with E-state index in [0.29, 0.717) is 13.2 Å². The minimum absolute atomic E-state index is 0. The van der Waals surface area contributed by atoms with Gasteiger partial charge in [-0.2, -0.15) is 0 Å². The molecule has 0 spiro atoms. The molecule has 0 radical (unpaired) electrons. The molecule has 0 N–H and O–H groups in total. The van der Waals surface area contributed by atoms with Crippen molar-refractivity contribution in [3.63, 3.8) is 0 Å². The topological polar surface area (TPSA) is 18.5 Å². The fourth-order valence-corrected chi connectivity index (χ4v) is 2.42. The van der Waals surface area contributed by atoms with Gasteiger partial charge in [-0.1, -0.05) is 38.9 Å². The summed E-state index contributed by atoms with van der Waals surface area (Å²) in [6.07, 6.45) is 4.27. The molecular weight excluding hydrogens is 424 g/mol. The van der Waals surface area contributed by atoms with Crippen LogP contribution in [0.5, 0.6) is 0 Å². The van der Waals surface area contributed by atoms with Crippen molar-refractivity contribution in [1.29, 1.82) is 0 Å². The van der Waals surface area contributed by atoms with Gasteiger partial charge in [-0.3, -0.25) is 0 Å². The fourth-order valence-electron chi connectivity index (χ4n) is 0.686. The van der Waals surface area contributed by atoms with Crippen molar-refractivity contribution in [2.24, 2.45) is 0 Å². The molecule has 0 atom stereocenters. The van der Waals surface area contributed by atoms with Crippen molar-refractivity contribution in [2.45, 2.75) is 39.5 Å². The van der Waals surface area contributed by atoms with Crippen molar-refractivity contribution in [1.82, 2.24) is 0 Å². The Morgan fingerprint density at radius 1 is 1.07 bits per heavy atom. The van der Waals surface area contributed by atoms with Gasteiger partial charge < -0.3 is 9.05 Å². The fraction of sp³-hybridized carbons (Fsp3) is 1.00. The summed E-state index contributed by atoms with van der Waals surface area (Å²) in [6.45, 7) is 5.57. The minimum Gasteiger partial charge on any atom is -0.322 e. The molecule has 0 heterocycles. The molecule has 82 valence electrons. The maximum absolute atomic E-state index is 5.38. The summed E-state index contributed by atoms with van der Waals surface area (Å²) in [6, 6.07) is 0. The number of hydrogen-bond acceptors (Lipinski definition) is 3. The molecule has 0 saturated carbocycles. The Morgan fingerprint density at radius 2 is 1.43 bits per heavy atom. The van der Waals surface area contributed by atoms with Gasteiger partial charge in [0.05, 0.1) is 13.2 Å². The molecule has 0 bridgehead atoms. The van der Waals surface area contributed by atoms with Crippen LogP contribution in [0.1, 0.15) is 39.5 Å². The average molecular weight is 443 g/mol. The molecule has 14 heavy (non-hydrogen) atoms. The minimum atomic E-state index is -2.22. The van der Waals surface area contributed by atoms with Crippen molar-refractivity contribution < 1.29 is 36.7 Å². The third-order valence-electron chi connectivity index (χ3n) is 1.50. The van der Waals surface area contributed by atoms with Gasteiger partial charge in [0.2, 0.25) is 5.69 Å². The average Bonchev–Trinajstić information content (AvgIpc) is 2.05. The molecule has 0 unspecified atom stereocenters. The first-order valence-electron chi connectivity index (χ1n) is 4.74. The van der Waals surface area contributed by atoms with Crippen LogP contribution in [0.3, 0.4) is 0 Å². The van der Waals surface area contributed by atoms with E-state index < -0.39 is 5.69 Å². The van der Waals surface area contributed by atoms with Crippen LogP contribution in [0, 0.1) is 0 Å². The second-order valence-corrected chi connectivity index (χ2v) is 8.13. The number of thiol groups is 1. The van der Waals surface area contributed by atoms with Gasteiger partial charge in [0, 0.05) is 27.7 Å². The van der Waals surface area contributed by atoms with Crippen LogP contribution >= 0.6 is 17.9 Å². The van der Waals surface area contributed by atoms with Crippen LogP contribution in [0.2, 0.25) is 0 Å². The third-order valence-corrected chi connectivity index (χ3v) is 3.85. The Balaban J connectivity index is 0. The van der Waals surface area contributed by atoms with E-state index in [4.69, 9.17) is 20.9 Å². The largest absolute Gasteiger partial charge is 0.322 e. The Bertz CT molecular complexity index is 155. The Kier molecular flexibility index (Phi) is 14.8. The summed E-state index contributed by atoms with van der Waals surface area (Å²) in [5, 5.41) is 0. The van der Waals surface area contributed by atoms with Crippen molar-refractivity contribution in [3.05, 3.63) is 0 Å². The first-order valence-corrected chi connectivity index (χ1v) is 8.53. The van der Waals surface area contributed by atoms with Gasteiger partial charge in [-0.25, -0.2) is 0 Å². The molecule has 0 amide bonds. The predicted molar refractivity (Wildman–Crippen MR) is 65.0 cm³/mol. The smallest absolute Gasteiger partial charge is 0.244 e. The van der Waals surface area contributed by atoms with Crippen LogP contribution in [0.25, 0.3) is 0 Å². The van der Waals surface area contributed by atoms with Gasteiger partial charge in [0.25, 0.3) is 0 Å². The summed E-state index contributed by atoms with van der Waals surface area (Å²) in [5.41, 5.74) is -2.22. The molecule has 0 aromatic carbocycles. The molecule has 0 aromatic heterocycles. The van der Waals surface area contributed by atoms with Crippen molar-refractivity contribution in [3.8, 4) is 0 Å². The van der Waals surface area contributed by atoms with E-state index in [1.165, 1.54) is 0 Å². The molecule has 0 aliphatic heterocycles. The molecule has 0 fully saturated rings. The molecule has 0 rings (SSSR count). The standard InChI is InChI=1S/C8H19O2PS2.Hg/c1-3-5-7-9-11(12,13)10-8-6-4-2;/h3-8H2,1-2H3,(H,12,13);. The van der Waals surface area contributed by atoms with Gasteiger partial charge >= 0.3 is 0 Å². The van der Waals surface area contributed by atoms with Crippen LogP contribution in [0.4, 0.5) is 0 Å². The monoisotopic (exact) mass is 444 g/mol. The molecule has 0 aromatic rings. The molecule has 0 aliphatic carbocycles. The summed E-state index contributed by atoms with van der Waals surface area (Å²) < 4.78 is 10.8. The van der Waals surface area contributed by atoms with E-state index in [2.05, 4.69) is 26.1 Å². The normalized spacial score (nSPS) is 11.1. The second-order valence-electron chi connectivity index (χ2n) is 2.84. The van der Waals surface area contributed by atoms with Gasteiger partial charge in [-0.05, 0) is 24.6 Å². The zero-order valence-corrected chi connectivity index (χ0v) is 17.2. The van der Waals surface area contributed by atoms with E-state index in [1.807, 2.05) is 0 Å². The summed E-state index contributed by atoms with van der Waals surface area (Å²) >= 11 is 9.31. The molecule has 6 heteroatoms. The van der Waals surface area contributed by atoms with Crippen LogP contribution in [-0.2, 0) is 48.5 Å². The molecule has 0 saturated heterocycles. The van der Waals surface area contributed by atoms with E-state index in [0.717, 1.165) is 25.7 Å². The summed E-state index contributed by atoms with van der Waals surface area (Å²) in [5.74, 6) is 0. The summed E-state index contributed by atoms with van der Waals surface area (Å²) in [4.78, 5) is 0. The second kappa shape index (κ2) is 11.3. The van der Waals surface area contributed by atoms with Gasteiger partial charge in [0.15, 0.2) is 0 Å². The quantitative estimate of drug-likeness (QED) is 0.267. The Morgan fingerprint density at radius 3 is 1.71 bits per heavy atom. The van der Waals surface area contributed by atoms with Crippen molar-refractivity contribution >= 4 is 29.7 Å². The summed E-state index contributed by atoms with van der Waals surface area (Å²) in [7, 11) is 0. The van der Waals surface area contributed by atoms with Crippen molar-refractivity contribution in [2.75, 3.05) is 13.2 Å². The van der Waals surface area contributed by atoms with Gasteiger partial charge in [-0.15, -0.1) is 0 Å². The Hall–Kier alpha value is 1.86. The zero-order valence-electron chi connectivity index (χ0n) is 9.07. The molecular formula is C8H19HgO2PS2. The molecule has 2 nitrogen and oxygen atoms in total. The zero-order chi connectivity index (χ0) is 10.2. The van der Waals surface area contributed by atoms with E-state index in [9.17, 15) is 0 Å². The predicted octanol–water partition coefficient (Wildman–Crippen LogP) is 3.77. The number of unbranched alkanes of at least 4 members (excludes halogenated alkanes) is 2. The number of rotatable bonds is 8. The SMILES string of the molecule is CCCCOP(=S)(S)OCCCC.[Hg]. The first kappa shape index (κ1) is 18.2. The van der Waals surface area contributed by atoms with E-state index >= 15 is 0 Å². The first-order chi connectivity index (χ1) is 6.12. The Labute approximate surface area is 118 Å². The van der Waals surface area contributed by atoms with E-state index in [1.54, 1.807) is 0 Å². The van der Waals surface area contributed by atoms with E-state index in [-0.39, 0.29) is 27.7 Å². The van der Waals surface area contributed by atoms with Crippen LogP contribution < -0.4 is 0 Å².